The van der Waals surface area contributed by atoms with E-state index in [1.54, 1.807) is 14.2 Å². The van der Waals surface area contributed by atoms with Gasteiger partial charge in [-0.1, -0.05) is 24.4 Å². The number of thiophene rings is 1. The number of fused-ring (bicyclic) bond motifs is 1. The van der Waals surface area contributed by atoms with Crippen LogP contribution in [0.15, 0.2) is 12.1 Å². The van der Waals surface area contributed by atoms with Gasteiger partial charge in [-0.25, -0.2) is 0 Å². The number of nitrogens with zero attached hydrogens (tertiary/aromatic N) is 3. The summed E-state index contributed by atoms with van der Waals surface area (Å²) in [6.45, 7) is 0. The zero-order valence-electron chi connectivity index (χ0n) is 17.1. The minimum Gasteiger partial charge on any atom is -0.493 e. The fraction of sp³-hybridized carbons (Fsp3) is 0.500. The fourth-order valence-corrected chi connectivity index (χ4v) is 4.79. The number of amides is 1. The summed E-state index contributed by atoms with van der Waals surface area (Å²) in [6, 6.07) is 3.74. The SMILES string of the molecule is COc1cc2sc(C(=O)Nc3nn[nH]n3)c(OC3CCCCCCC3)c2cc1OC. The average molecular weight is 432 g/mol. The number of anilines is 1. The van der Waals surface area contributed by atoms with E-state index in [9.17, 15) is 4.79 Å². The maximum absolute atomic E-state index is 13.0. The number of aromatic amines is 1. The van der Waals surface area contributed by atoms with E-state index in [2.05, 4.69) is 25.9 Å². The minimum absolute atomic E-state index is 0.0768. The predicted octanol–water partition coefficient (Wildman–Crippen LogP) is 4.18. The van der Waals surface area contributed by atoms with E-state index in [0.29, 0.717) is 22.1 Å². The molecule has 30 heavy (non-hydrogen) atoms. The standard InChI is InChI=1S/C20H25N5O4S/c1-27-14-10-13-16(11-15(14)28-2)30-18(19(26)21-20-22-24-25-23-20)17(13)29-12-8-6-4-3-5-7-9-12/h10-12H,3-9H2,1-2H3,(H2,21,22,23,24,25,26). The monoisotopic (exact) mass is 431 g/mol. The van der Waals surface area contributed by atoms with Crippen LogP contribution >= 0.6 is 11.3 Å². The van der Waals surface area contributed by atoms with E-state index in [-0.39, 0.29) is 18.0 Å². The Bertz CT molecular complexity index is 996. The van der Waals surface area contributed by atoms with Crippen molar-refractivity contribution in [3.63, 3.8) is 0 Å². The van der Waals surface area contributed by atoms with Gasteiger partial charge in [0.1, 0.15) is 4.88 Å². The Hall–Kier alpha value is -2.88. The summed E-state index contributed by atoms with van der Waals surface area (Å²) in [5.41, 5.74) is 0. The molecule has 1 fully saturated rings. The van der Waals surface area contributed by atoms with Gasteiger partial charge in [-0.2, -0.15) is 5.21 Å². The Kier molecular flexibility index (Phi) is 6.32. The number of methoxy groups -OCH3 is 2. The van der Waals surface area contributed by atoms with Gasteiger partial charge in [0.2, 0.25) is 0 Å². The van der Waals surface area contributed by atoms with Crippen LogP contribution in [0.3, 0.4) is 0 Å². The number of nitrogens with one attached hydrogen (secondary N) is 2. The second-order valence-electron chi connectivity index (χ2n) is 7.24. The third-order valence-corrected chi connectivity index (χ3v) is 6.39. The Morgan fingerprint density at radius 1 is 1.10 bits per heavy atom. The summed E-state index contributed by atoms with van der Waals surface area (Å²) in [7, 11) is 3.18. The zero-order valence-corrected chi connectivity index (χ0v) is 17.9. The normalized spacial score (nSPS) is 15.4. The molecule has 0 unspecified atom stereocenters. The van der Waals surface area contributed by atoms with Crippen LogP contribution in [-0.2, 0) is 0 Å². The van der Waals surface area contributed by atoms with Gasteiger partial charge in [-0.15, -0.1) is 16.4 Å². The van der Waals surface area contributed by atoms with E-state index < -0.39 is 0 Å². The number of rotatable bonds is 6. The molecule has 1 saturated carbocycles. The van der Waals surface area contributed by atoms with Gasteiger partial charge >= 0.3 is 0 Å². The highest BCUT2D eigenvalue weighted by atomic mass is 32.1. The summed E-state index contributed by atoms with van der Waals surface area (Å²) >= 11 is 1.34. The lowest BCUT2D eigenvalue weighted by Gasteiger charge is -2.22. The summed E-state index contributed by atoms with van der Waals surface area (Å²) in [6.07, 6.45) is 8.04. The molecule has 9 nitrogen and oxygen atoms in total. The Morgan fingerprint density at radius 2 is 1.80 bits per heavy atom. The summed E-state index contributed by atoms with van der Waals surface area (Å²) in [5.74, 6) is 1.55. The molecule has 0 aliphatic heterocycles. The number of aromatic nitrogens is 4. The second-order valence-corrected chi connectivity index (χ2v) is 8.29. The topological polar surface area (TPSA) is 111 Å². The molecule has 2 heterocycles. The number of H-pyrrole nitrogens is 1. The van der Waals surface area contributed by atoms with Gasteiger partial charge in [-0.3, -0.25) is 10.1 Å². The van der Waals surface area contributed by atoms with E-state index in [1.165, 1.54) is 30.6 Å². The molecule has 0 saturated heterocycles. The Balaban J connectivity index is 1.73. The van der Waals surface area contributed by atoms with Crippen molar-refractivity contribution in [1.29, 1.82) is 0 Å². The summed E-state index contributed by atoms with van der Waals surface area (Å²) < 4.78 is 18.3. The minimum atomic E-state index is -0.337. The molecule has 160 valence electrons. The molecule has 0 atom stereocenters. The third-order valence-electron chi connectivity index (χ3n) is 5.26. The molecule has 0 bridgehead atoms. The van der Waals surface area contributed by atoms with Gasteiger partial charge in [-0.05, 0) is 37.0 Å². The van der Waals surface area contributed by atoms with Crippen molar-refractivity contribution >= 4 is 33.3 Å². The molecule has 2 N–H and O–H groups in total. The first-order valence-electron chi connectivity index (χ1n) is 10.1. The zero-order chi connectivity index (χ0) is 20.9. The van der Waals surface area contributed by atoms with Gasteiger partial charge in [0.15, 0.2) is 17.2 Å². The van der Waals surface area contributed by atoms with Crippen LogP contribution < -0.4 is 19.5 Å². The van der Waals surface area contributed by atoms with Gasteiger partial charge < -0.3 is 14.2 Å². The smallest absolute Gasteiger partial charge is 0.272 e. The predicted molar refractivity (Wildman–Crippen MR) is 114 cm³/mol. The number of ether oxygens (including phenoxy) is 3. The van der Waals surface area contributed by atoms with Gasteiger partial charge in [0.25, 0.3) is 11.9 Å². The van der Waals surface area contributed by atoms with E-state index >= 15 is 0 Å². The largest absolute Gasteiger partial charge is 0.493 e. The van der Waals surface area contributed by atoms with Crippen molar-refractivity contribution in [2.75, 3.05) is 19.5 Å². The maximum Gasteiger partial charge on any atom is 0.272 e. The lowest BCUT2D eigenvalue weighted by Crippen LogP contribution is -2.20. The highest BCUT2D eigenvalue weighted by Crippen LogP contribution is 2.44. The van der Waals surface area contributed by atoms with Crippen molar-refractivity contribution in [3.05, 3.63) is 17.0 Å². The first-order valence-corrected chi connectivity index (χ1v) is 10.9. The molecule has 1 aliphatic carbocycles. The first kappa shape index (κ1) is 20.4. The quantitative estimate of drug-likeness (QED) is 0.602. The van der Waals surface area contributed by atoms with Crippen molar-refractivity contribution in [3.8, 4) is 17.2 Å². The van der Waals surface area contributed by atoms with Gasteiger partial charge in [0.05, 0.1) is 20.3 Å². The number of carbonyl (C=O) groups is 1. The fourth-order valence-electron chi connectivity index (χ4n) is 3.74. The molecule has 3 aromatic rings. The Labute approximate surface area is 178 Å². The number of benzene rings is 1. The van der Waals surface area contributed by atoms with Crippen LogP contribution in [0, 0.1) is 0 Å². The lowest BCUT2D eigenvalue weighted by atomic mass is 9.98. The molecule has 0 spiro atoms. The first-order chi connectivity index (χ1) is 14.7. The van der Waals surface area contributed by atoms with E-state index in [4.69, 9.17) is 14.2 Å². The highest BCUT2D eigenvalue weighted by Gasteiger charge is 2.25. The van der Waals surface area contributed by atoms with Crippen LogP contribution in [0.1, 0.15) is 54.6 Å². The summed E-state index contributed by atoms with van der Waals surface area (Å²) in [4.78, 5) is 13.5. The number of hydrogen-bond acceptors (Lipinski definition) is 8. The van der Waals surface area contributed by atoms with Crippen LogP contribution in [0.25, 0.3) is 10.1 Å². The molecule has 1 aliphatic rings. The third kappa shape index (κ3) is 4.33. The van der Waals surface area contributed by atoms with Crippen LogP contribution in [-0.4, -0.2) is 46.9 Å². The Morgan fingerprint density at radius 3 is 2.47 bits per heavy atom. The number of hydrogen-bond donors (Lipinski definition) is 2. The van der Waals surface area contributed by atoms with Crippen LogP contribution in [0.4, 0.5) is 5.95 Å². The van der Waals surface area contributed by atoms with Crippen molar-refractivity contribution in [2.24, 2.45) is 0 Å². The molecule has 1 amide bonds. The molecule has 10 heteroatoms. The number of carbonyl (C=O) groups excluding carboxylic acids is 1. The maximum atomic E-state index is 13.0. The summed E-state index contributed by atoms with van der Waals surface area (Å²) in [5, 5.41) is 16.9. The molecule has 2 aromatic heterocycles. The molecule has 4 rings (SSSR count). The van der Waals surface area contributed by atoms with Crippen LogP contribution in [0.5, 0.6) is 17.2 Å². The van der Waals surface area contributed by atoms with E-state index in [1.807, 2.05) is 12.1 Å². The van der Waals surface area contributed by atoms with Crippen molar-refractivity contribution in [1.82, 2.24) is 20.6 Å². The average Bonchev–Trinajstić information content (AvgIpc) is 3.36. The number of tetrazole rings is 1. The van der Waals surface area contributed by atoms with Crippen molar-refractivity contribution < 1.29 is 19.0 Å². The second kappa shape index (κ2) is 9.29. The van der Waals surface area contributed by atoms with Crippen LogP contribution in [0.2, 0.25) is 0 Å². The molecular formula is C20H25N5O4S. The van der Waals surface area contributed by atoms with Gasteiger partial charge in [0, 0.05) is 16.2 Å². The lowest BCUT2D eigenvalue weighted by molar-refractivity contribution is 0.102. The molecule has 1 aromatic carbocycles. The van der Waals surface area contributed by atoms with E-state index in [0.717, 1.165) is 35.8 Å². The highest BCUT2D eigenvalue weighted by molar-refractivity contribution is 7.21. The molecular weight excluding hydrogens is 406 g/mol. The van der Waals surface area contributed by atoms with Crippen molar-refractivity contribution in [2.45, 2.75) is 51.0 Å². The molecule has 0 radical (unpaired) electrons.